The summed E-state index contributed by atoms with van der Waals surface area (Å²) in [6.45, 7) is 7.54. The highest BCUT2D eigenvalue weighted by Crippen LogP contribution is 2.12. The van der Waals surface area contributed by atoms with E-state index in [0.29, 0.717) is 39.1 Å². The van der Waals surface area contributed by atoms with E-state index in [4.69, 9.17) is 4.74 Å². The molecule has 0 aliphatic carbocycles. The van der Waals surface area contributed by atoms with Crippen molar-refractivity contribution in [1.29, 1.82) is 0 Å². The summed E-state index contributed by atoms with van der Waals surface area (Å²) in [6.07, 6.45) is 2.30. The maximum Gasteiger partial charge on any atom is 0.249 e. The molecule has 1 aliphatic heterocycles. The van der Waals surface area contributed by atoms with E-state index < -0.39 is 6.10 Å². The second kappa shape index (κ2) is 9.98. The fourth-order valence-electron chi connectivity index (χ4n) is 2.87. The number of nitrogens with zero attached hydrogens (tertiary/aromatic N) is 3. The SMILES string of the molecule is CCO[C@H](CC)C(=O)NCCC(=O)N1CCN(c2ccccn2)CC1. The van der Waals surface area contributed by atoms with Gasteiger partial charge in [0.1, 0.15) is 11.9 Å². The van der Waals surface area contributed by atoms with Crippen molar-refractivity contribution in [2.24, 2.45) is 0 Å². The number of anilines is 1. The smallest absolute Gasteiger partial charge is 0.249 e. The lowest BCUT2D eigenvalue weighted by molar-refractivity contribution is -0.133. The Balaban J connectivity index is 1.69. The van der Waals surface area contributed by atoms with Gasteiger partial charge in [-0.25, -0.2) is 4.98 Å². The third-order valence-corrected chi connectivity index (χ3v) is 4.27. The molecule has 1 saturated heterocycles. The first-order valence-corrected chi connectivity index (χ1v) is 8.98. The molecule has 0 unspecified atom stereocenters. The van der Waals surface area contributed by atoms with Crippen LogP contribution in [0.15, 0.2) is 24.4 Å². The number of amides is 2. The lowest BCUT2D eigenvalue weighted by Gasteiger charge is -2.35. The van der Waals surface area contributed by atoms with Crippen molar-refractivity contribution in [3.8, 4) is 0 Å². The van der Waals surface area contributed by atoms with Gasteiger partial charge in [0, 0.05) is 51.9 Å². The third-order valence-electron chi connectivity index (χ3n) is 4.27. The van der Waals surface area contributed by atoms with E-state index >= 15 is 0 Å². The predicted octanol–water partition coefficient (Wildman–Crippen LogP) is 1.05. The molecule has 2 amide bonds. The summed E-state index contributed by atoms with van der Waals surface area (Å²) < 4.78 is 5.36. The Hall–Kier alpha value is -2.15. The highest BCUT2D eigenvalue weighted by molar-refractivity contribution is 5.82. The van der Waals surface area contributed by atoms with E-state index in [-0.39, 0.29) is 11.8 Å². The Morgan fingerprint density at radius 2 is 2.00 bits per heavy atom. The number of nitrogens with one attached hydrogen (secondary N) is 1. The van der Waals surface area contributed by atoms with Gasteiger partial charge in [-0.15, -0.1) is 0 Å². The largest absolute Gasteiger partial charge is 0.369 e. The third kappa shape index (κ3) is 5.70. The number of hydrogen-bond donors (Lipinski definition) is 1. The second-order valence-electron chi connectivity index (χ2n) is 5.95. The average molecular weight is 348 g/mol. The molecule has 0 aromatic carbocycles. The van der Waals surface area contributed by atoms with E-state index in [1.165, 1.54) is 0 Å². The lowest BCUT2D eigenvalue weighted by atomic mass is 10.2. The molecule has 1 N–H and O–H groups in total. The number of carbonyl (C=O) groups excluding carboxylic acids is 2. The average Bonchev–Trinajstić information content (AvgIpc) is 2.66. The van der Waals surface area contributed by atoms with Crippen LogP contribution in [0.1, 0.15) is 26.7 Å². The first kappa shape index (κ1) is 19.2. The maximum atomic E-state index is 12.3. The summed E-state index contributed by atoms with van der Waals surface area (Å²) in [4.78, 5) is 32.6. The molecule has 25 heavy (non-hydrogen) atoms. The molecular formula is C18H28N4O3. The zero-order valence-corrected chi connectivity index (χ0v) is 15.1. The van der Waals surface area contributed by atoms with Gasteiger partial charge >= 0.3 is 0 Å². The second-order valence-corrected chi connectivity index (χ2v) is 5.95. The molecule has 1 atom stereocenters. The molecule has 7 nitrogen and oxygen atoms in total. The number of rotatable bonds is 8. The summed E-state index contributed by atoms with van der Waals surface area (Å²) in [5, 5.41) is 2.79. The Bertz CT molecular complexity index is 545. The van der Waals surface area contributed by atoms with Crippen LogP contribution >= 0.6 is 0 Å². The summed E-state index contributed by atoms with van der Waals surface area (Å²) >= 11 is 0. The molecule has 7 heteroatoms. The zero-order chi connectivity index (χ0) is 18.1. The van der Waals surface area contributed by atoms with Crippen molar-refractivity contribution in [2.45, 2.75) is 32.8 Å². The monoisotopic (exact) mass is 348 g/mol. The topological polar surface area (TPSA) is 74.8 Å². The van der Waals surface area contributed by atoms with Crippen LogP contribution in [-0.2, 0) is 14.3 Å². The Morgan fingerprint density at radius 1 is 1.24 bits per heavy atom. The van der Waals surface area contributed by atoms with Gasteiger partial charge in [-0.2, -0.15) is 0 Å². The minimum absolute atomic E-state index is 0.0745. The number of piperazine rings is 1. The van der Waals surface area contributed by atoms with Crippen LogP contribution in [-0.4, -0.2) is 67.1 Å². The normalized spacial score (nSPS) is 15.8. The van der Waals surface area contributed by atoms with Crippen LogP contribution in [0.2, 0.25) is 0 Å². The van der Waals surface area contributed by atoms with Gasteiger partial charge in [0.2, 0.25) is 11.8 Å². The Morgan fingerprint density at radius 3 is 2.60 bits per heavy atom. The first-order chi connectivity index (χ1) is 12.2. The quantitative estimate of drug-likeness (QED) is 0.760. The Kier molecular flexibility index (Phi) is 7.66. The van der Waals surface area contributed by atoms with E-state index in [9.17, 15) is 9.59 Å². The van der Waals surface area contributed by atoms with Crippen molar-refractivity contribution in [2.75, 3.05) is 44.2 Å². The lowest BCUT2D eigenvalue weighted by Crippen LogP contribution is -2.49. The van der Waals surface area contributed by atoms with Crippen LogP contribution in [0.25, 0.3) is 0 Å². The molecule has 0 bridgehead atoms. The molecule has 0 spiro atoms. The molecule has 1 fully saturated rings. The summed E-state index contributed by atoms with van der Waals surface area (Å²) in [7, 11) is 0. The fraction of sp³-hybridized carbons (Fsp3) is 0.611. The molecule has 138 valence electrons. The van der Waals surface area contributed by atoms with Crippen molar-refractivity contribution < 1.29 is 14.3 Å². The van der Waals surface area contributed by atoms with Gasteiger partial charge in [0.25, 0.3) is 0 Å². The molecule has 2 rings (SSSR count). The van der Waals surface area contributed by atoms with Crippen molar-refractivity contribution >= 4 is 17.6 Å². The summed E-state index contributed by atoms with van der Waals surface area (Å²) in [5.74, 6) is 0.881. The summed E-state index contributed by atoms with van der Waals surface area (Å²) in [5.41, 5.74) is 0. The maximum absolute atomic E-state index is 12.3. The highest BCUT2D eigenvalue weighted by atomic mass is 16.5. The van der Waals surface area contributed by atoms with Crippen molar-refractivity contribution in [3.63, 3.8) is 0 Å². The van der Waals surface area contributed by atoms with E-state index in [0.717, 1.165) is 18.9 Å². The molecule has 1 aliphatic rings. The van der Waals surface area contributed by atoms with Crippen LogP contribution in [0.3, 0.4) is 0 Å². The van der Waals surface area contributed by atoms with E-state index in [1.807, 2.05) is 36.9 Å². The van der Waals surface area contributed by atoms with Gasteiger partial charge < -0.3 is 19.9 Å². The van der Waals surface area contributed by atoms with Gasteiger partial charge in [-0.3, -0.25) is 9.59 Å². The molecule has 2 heterocycles. The molecule has 1 aromatic rings. The number of aromatic nitrogens is 1. The van der Waals surface area contributed by atoms with Crippen LogP contribution in [0.5, 0.6) is 0 Å². The van der Waals surface area contributed by atoms with E-state index in [2.05, 4.69) is 15.2 Å². The van der Waals surface area contributed by atoms with E-state index in [1.54, 1.807) is 6.20 Å². The Labute approximate surface area is 149 Å². The van der Waals surface area contributed by atoms with Gasteiger partial charge in [0.15, 0.2) is 0 Å². The zero-order valence-electron chi connectivity index (χ0n) is 15.1. The summed E-state index contributed by atoms with van der Waals surface area (Å²) in [6, 6.07) is 5.84. The van der Waals surface area contributed by atoms with Gasteiger partial charge in [-0.1, -0.05) is 13.0 Å². The molecule has 1 aromatic heterocycles. The number of hydrogen-bond acceptors (Lipinski definition) is 5. The minimum atomic E-state index is -0.429. The number of pyridine rings is 1. The molecular weight excluding hydrogens is 320 g/mol. The molecule has 0 radical (unpaired) electrons. The van der Waals surface area contributed by atoms with Gasteiger partial charge in [-0.05, 0) is 25.5 Å². The van der Waals surface area contributed by atoms with Crippen molar-refractivity contribution in [1.82, 2.24) is 15.2 Å². The fourth-order valence-corrected chi connectivity index (χ4v) is 2.87. The van der Waals surface area contributed by atoms with Crippen LogP contribution in [0.4, 0.5) is 5.82 Å². The molecule has 0 saturated carbocycles. The standard InChI is InChI=1S/C18H28N4O3/c1-3-15(25-4-2)18(24)20-10-8-17(23)22-13-11-21(12-14-22)16-7-5-6-9-19-16/h5-7,9,15H,3-4,8,10-14H2,1-2H3,(H,20,24)/t15-/m1/s1. The van der Waals surface area contributed by atoms with Crippen molar-refractivity contribution in [3.05, 3.63) is 24.4 Å². The highest BCUT2D eigenvalue weighted by Gasteiger charge is 2.22. The minimum Gasteiger partial charge on any atom is -0.369 e. The predicted molar refractivity (Wildman–Crippen MR) is 96.4 cm³/mol. The number of carbonyl (C=O) groups is 2. The van der Waals surface area contributed by atoms with Crippen LogP contribution in [0, 0.1) is 0 Å². The van der Waals surface area contributed by atoms with Gasteiger partial charge in [0.05, 0.1) is 0 Å². The number of ether oxygens (including phenoxy) is 1. The van der Waals surface area contributed by atoms with Crippen LogP contribution < -0.4 is 10.2 Å². The first-order valence-electron chi connectivity index (χ1n) is 8.98.